The highest BCUT2D eigenvalue weighted by molar-refractivity contribution is 6.76. The molecule has 0 saturated carbocycles. The molecule has 2 aromatic heterocycles. The summed E-state index contributed by atoms with van der Waals surface area (Å²) in [4.78, 5) is 20.2. The van der Waals surface area contributed by atoms with Crippen LogP contribution in [0.15, 0.2) is 60.9 Å². The molecule has 11 heteroatoms. The molecule has 1 amide bonds. The molecule has 9 nitrogen and oxygen atoms in total. The molecule has 2 aliphatic heterocycles. The molecule has 6 rings (SSSR count). The van der Waals surface area contributed by atoms with Gasteiger partial charge in [0, 0.05) is 39.3 Å². The summed E-state index contributed by atoms with van der Waals surface area (Å²) in [5.41, 5.74) is 3.88. The van der Waals surface area contributed by atoms with Crippen LogP contribution in [0.1, 0.15) is 74.5 Å². The summed E-state index contributed by atoms with van der Waals surface area (Å²) in [6, 6.07) is 17.0. The molecule has 0 spiro atoms. The molecule has 262 valence electrons. The summed E-state index contributed by atoms with van der Waals surface area (Å²) in [6.45, 7) is 22.6. The lowest BCUT2D eigenvalue weighted by atomic mass is 9.79. The van der Waals surface area contributed by atoms with Gasteiger partial charge in [-0.1, -0.05) is 37.8 Å². The highest BCUT2D eigenvalue weighted by atomic mass is 28.3. The minimum absolute atomic E-state index is 0.214. The fraction of sp³-hybridized carbons (Fsp3) is 0.526. The SMILES string of the molecule is [2H]c1c(-c2ccc3c(c2)nc(C2CCCN2C(=O)OC(C)(C)C)n3COCC[Si](C)(C)C)ccn1-c1ccc(B2OC(C)(C)C(C)(C)O2)cc1. The van der Waals surface area contributed by atoms with Gasteiger partial charge in [-0.05, 0) is 114 Å². The number of likely N-dealkylation sites (tertiary alicyclic amines) is 1. The second-order valence-corrected chi connectivity index (χ2v) is 22.3. The van der Waals surface area contributed by atoms with Gasteiger partial charge in [-0.3, -0.25) is 4.90 Å². The summed E-state index contributed by atoms with van der Waals surface area (Å²) in [5.74, 6) is 0.805. The number of rotatable bonds is 9. The van der Waals surface area contributed by atoms with E-state index in [1.807, 2.05) is 107 Å². The number of hydrogen-bond donors (Lipinski definition) is 0. The van der Waals surface area contributed by atoms with Gasteiger partial charge in [-0.15, -0.1) is 0 Å². The van der Waals surface area contributed by atoms with Crippen LogP contribution in [-0.4, -0.2) is 70.3 Å². The largest absolute Gasteiger partial charge is 0.494 e. The summed E-state index contributed by atoms with van der Waals surface area (Å²) in [5, 5.41) is 0. The van der Waals surface area contributed by atoms with E-state index in [4.69, 9.17) is 25.1 Å². The lowest BCUT2D eigenvalue weighted by molar-refractivity contribution is 0.00578. The number of imidazole rings is 1. The van der Waals surface area contributed by atoms with Crippen LogP contribution in [-0.2, 0) is 25.5 Å². The van der Waals surface area contributed by atoms with E-state index < -0.39 is 32.0 Å². The Morgan fingerprint density at radius 1 is 1.04 bits per heavy atom. The normalized spacial score (nSPS) is 19.6. The molecule has 4 heterocycles. The molecule has 0 aliphatic carbocycles. The first-order chi connectivity index (χ1) is 23.3. The number of fused-ring (bicyclic) bond motifs is 1. The molecule has 2 saturated heterocycles. The van der Waals surface area contributed by atoms with Crippen molar-refractivity contribution < 1.29 is 24.9 Å². The van der Waals surface area contributed by atoms with Crippen LogP contribution in [0.5, 0.6) is 0 Å². The third-order valence-electron chi connectivity index (χ3n) is 9.81. The van der Waals surface area contributed by atoms with Crippen LogP contribution in [0.3, 0.4) is 0 Å². The van der Waals surface area contributed by atoms with Crippen molar-refractivity contribution in [2.24, 2.45) is 0 Å². The quantitative estimate of drug-likeness (QED) is 0.131. The Labute approximate surface area is 294 Å². The zero-order chi connectivity index (χ0) is 36.2. The average Bonchev–Trinajstić information content (AvgIpc) is 3.77. The monoisotopic (exact) mass is 685 g/mol. The van der Waals surface area contributed by atoms with E-state index in [-0.39, 0.29) is 12.1 Å². The molecule has 2 fully saturated rings. The van der Waals surface area contributed by atoms with Gasteiger partial charge in [0.15, 0.2) is 0 Å². The molecule has 49 heavy (non-hydrogen) atoms. The third kappa shape index (κ3) is 7.70. The minimum atomic E-state index is -1.26. The van der Waals surface area contributed by atoms with Crippen molar-refractivity contribution >= 4 is 37.8 Å². The van der Waals surface area contributed by atoms with Gasteiger partial charge in [0.2, 0.25) is 0 Å². The van der Waals surface area contributed by atoms with Crippen molar-refractivity contribution in [1.29, 1.82) is 0 Å². The Bertz CT molecular complexity index is 1840. The first kappa shape index (κ1) is 34.1. The number of nitrogens with zero attached hydrogens (tertiary/aromatic N) is 4. The van der Waals surface area contributed by atoms with Crippen molar-refractivity contribution in [2.75, 3.05) is 13.2 Å². The molecule has 0 N–H and O–H groups in total. The van der Waals surface area contributed by atoms with E-state index >= 15 is 0 Å². The average molecular weight is 686 g/mol. The number of aromatic nitrogens is 3. The second kappa shape index (κ2) is 13.1. The highest BCUT2D eigenvalue weighted by Gasteiger charge is 2.51. The van der Waals surface area contributed by atoms with E-state index in [2.05, 4.69) is 30.3 Å². The summed E-state index contributed by atoms with van der Waals surface area (Å²) in [6.07, 6.45) is 3.68. The van der Waals surface area contributed by atoms with Crippen LogP contribution < -0.4 is 5.46 Å². The minimum Gasteiger partial charge on any atom is -0.444 e. The van der Waals surface area contributed by atoms with E-state index in [1.165, 1.54) is 0 Å². The molecule has 1 unspecified atom stereocenters. The van der Waals surface area contributed by atoms with Crippen molar-refractivity contribution in [2.45, 2.75) is 117 Å². The number of hydrogen-bond acceptors (Lipinski definition) is 6. The Balaban J connectivity index is 1.29. The lowest BCUT2D eigenvalue weighted by Gasteiger charge is -2.32. The number of benzene rings is 2. The second-order valence-electron chi connectivity index (χ2n) is 16.7. The van der Waals surface area contributed by atoms with Crippen LogP contribution in [0.4, 0.5) is 4.79 Å². The molecule has 0 radical (unpaired) electrons. The van der Waals surface area contributed by atoms with Crippen LogP contribution in [0.2, 0.25) is 25.7 Å². The van der Waals surface area contributed by atoms with Crippen LogP contribution in [0.25, 0.3) is 27.8 Å². The summed E-state index contributed by atoms with van der Waals surface area (Å²) >= 11 is 0. The zero-order valence-electron chi connectivity index (χ0n) is 31.9. The first-order valence-corrected chi connectivity index (χ1v) is 21.3. The van der Waals surface area contributed by atoms with Gasteiger partial charge >= 0.3 is 13.2 Å². The summed E-state index contributed by atoms with van der Waals surface area (Å²) < 4.78 is 37.6. The standard InChI is InChI=1S/C38H53BN4O5Si/c1-36(2,3)46-35(44)42-20-11-12-33(42)34-40-31-24-27(13-18-32(31)43(34)26-45-22-23-49(8,9)10)28-19-21-41(25-28)30-16-14-29(15-17-30)39-47-37(4,5)38(6,7)48-39/h13-19,21,24-25,33H,11-12,20,22-23,26H2,1-10H3/i25D. The molecule has 2 aliphatic rings. The van der Waals surface area contributed by atoms with E-state index in [0.717, 1.165) is 58.0 Å². The van der Waals surface area contributed by atoms with Crippen LogP contribution in [0, 0.1) is 0 Å². The Hall–Kier alpha value is -3.38. The predicted molar refractivity (Wildman–Crippen MR) is 199 cm³/mol. The smallest absolute Gasteiger partial charge is 0.444 e. The zero-order valence-corrected chi connectivity index (χ0v) is 31.9. The number of ether oxygens (including phenoxy) is 2. The van der Waals surface area contributed by atoms with E-state index in [0.29, 0.717) is 26.1 Å². The number of carbonyl (C=O) groups excluding carboxylic acids is 1. The molecular weight excluding hydrogens is 631 g/mol. The molecule has 0 bridgehead atoms. The third-order valence-corrected chi connectivity index (χ3v) is 11.5. The molecular formula is C38H53BN4O5Si. The number of carbonyl (C=O) groups is 1. The summed E-state index contributed by atoms with van der Waals surface area (Å²) in [7, 11) is -1.70. The van der Waals surface area contributed by atoms with Crippen LogP contribution >= 0.6 is 0 Å². The van der Waals surface area contributed by atoms with Gasteiger partial charge in [-0.25, -0.2) is 9.78 Å². The maximum absolute atomic E-state index is 13.3. The molecule has 2 aromatic carbocycles. The van der Waals surface area contributed by atoms with E-state index in [9.17, 15) is 4.79 Å². The Morgan fingerprint density at radius 2 is 1.73 bits per heavy atom. The predicted octanol–water partition coefficient (Wildman–Crippen LogP) is 8.18. The highest BCUT2D eigenvalue weighted by Crippen LogP contribution is 2.37. The van der Waals surface area contributed by atoms with Crippen molar-refractivity contribution in [1.82, 2.24) is 19.0 Å². The fourth-order valence-electron chi connectivity index (χ4n) is 6.25. The maximum atomic E-state index is 13.3. The molecule has 1 atom stereocenters. The van der Waals surface area contributed by atoms with Crippen molar-refractivity contribution in [3.63, 3.8) is 0 Å². The maximum Gasteiger partial charge on any atom is 0.494 e. The van der Waals surface area contributed by atoms with Gasteiger partial charge in [-0.2, -0.15) is 0 Å². The van der Waals surface area contributed by atoms with Gasteiger partial charge in [0.25, 0.3) is 0 Å². The van der Waals surface area contributed by atoms with E-state index in [1.54, 1.807) is 0 Å². The first-order valence-electron chi connectivity index (χ1n) is 18.1. The van der Waals surface area contributed by atoms with Gasteiger partial charge in [0.1, 0.15) is 18.2 Å². The van der Waals surface area contributed by atoms with Crippen molar-refractivity contribution in [3.8, 4) is 16.8 Å². The fourth-order valence-corrected chi connectivity index (χ4v) is 7.01. The number of amides is 1. The van der Waals surface area contributed by atoms with Gasteiger partial charge in [0.05, 0.1) is 29.6 Å². The Kier molecular flexibility index (Phi) is 9.09. The Morgan fingerprint density at radius 3 is 2.39 bits per heavy atom. The molecule has 4 aromatic rings. The van der Waals surface area contributed by atoms with Crippen molar-refractivity contribution in [3.05, 3.63) is 66.7 Å². The topological polar surface area (TPSA) is 80.0 Å². The lowest BCUT2D eigenvalue weighted by Crippen LogP contribution is -2.41. The van der Waals surface area contributed by atoms with Gasteiger partial charge < -0.3 is 27.9 Å².